The molecule has 0 spiro atoms. The van der Waals surface area contributed by atoms with E-state index in [1.165, 1.54) is 12.1 Å². The SMILES string of the molecule is Cc1ccnn1CCNCCCN(C)C. The van der Waals surface area contributed by atoms with E-state index in [4.69, 9.17) is 0 Å². The van der Waals surface area contributed by atoms with E-state index in [2.05, 4.69) is 36.3 Å². The molecular formula is C11H22N4. The van der Waals surface area contributed by atoms with Crippen LogP contribution in [0.1, 0.15) is 12.1 Å². The third-order valence-corrected chi connectivity index (χ3v) is 2.39. The van der Waals surface area contributed by atoms with E-state index in [0.717, 1.165) is 26.2 Å². The maximum absolute atomic E-state index is 4.23. The fraction of sp³-hybridized carbons (Fsp3) is 0.727. The Morgan fingerprint density at radius 1 is 1.40 bits per heavy atom. The fourth-order valence-corrected chi connectivity index (χ4v) is 1.46. The highest BCUT2D eigenvalue weighted by Gasteiger charge is 1.95. The van der Waals surface area contributed by atoms with Crippen molar-refractivity contribution in [2.24, 2.45) is 0 Å². The first kappa shape index (κ1) is 12.2. The molecule has 0 aliphatic carbocycles. The lowest BCUT2D eigenvalue weighted by molar-refractivity contribution is 0.392. The first-order valence-corrected chi connectivity index (χ1v) is 5.54. The van der Waals surface area contributed by atoms with Crippen LogP contribution in [0.15, 0.2) is 12.3 Å². The van der Waals surface area contributed by atoms with Gasteiger partial charge in [0.05, 0.1) is 6.54 Å². The van der Waals surface area contributed by atoms with Gasteiger partial charge in [0, 0.05) is 18.4 Å². The van der Waals surface area contributed by atoms with Gasteiger partial charge in [-0.2, -0.15) is 5.10 Å². The molecule has 1 aromatic rings. The van der Waals surface area contributed by atoms with E-state index in [0.29, 0.717) is 0 Å². The second-order valence-electron chi connectivity index (χ2n) is 4.10. The van der Waals surface area contributed by atoms with Crippen LogP contribution in [0.5, 0.6) is 0 Å². The van der Waals surface area contributed by atoms with Crippen molar-refractivity contribution in [1.82, 2.24) is 20.0 Å². The van der Waals surface area contributed by atoms with Crippen LogP contribution in [0.25, 0.3) is 0 Å². The number of hydrogen-bond acceptors (Lipinski definition) is 3. The number of aromatic nitrogens is 2. The van der Waals surface area contributed by atoms with Gasteiger partial charge in [-0.05, 0) is 46.6 Å². The summed E-state index contributed by atoms with van der Waals surface area (Å²) in [6, 6.07) is 2.03. The van der Waals surface area contributed by atoms with Gasteiger partial charge in [-0.15, -0.1) is 0 Å². The quantitative estimate of drug-likeness (QED) is 0.674. The molecule has 4 nitrogen and oxygen atoms in total. The highest BCUT2D eigenvalue weighted by atomic mass is 15.3. The van der Waals surface area contributed by atoms with Gasteiger partial charge < -0.3 is 10.2 Å². The van der Waals surface area contributed by atoms with Crippen molar-refractivity contribution in [3.8, 4) is 0 Å². The summed E-state index contributed by atoms with van der Waals surface area (Å²) in [7, 11) is 4.21. The number of nitrogens with one attached hydrogen (secondary N) is 1. The standard InChI is InChI=1S/C11H22N4/c1-11-5-7-13-15(11)10-8-12-6-4-9-14(2)3/h5,7,12H,4,6,8-10H2,1-3H3. The third-order valence-electron chi connectivity index (χ3n) is 2.39. The van der Waals surface area contributed by atoms with E-state index in [-0.39, 0.29) is 0 Å². The van der Waals surface area contributed by atoms with Gasteiger partial charge in [0.15, 0.2) is 0 Å². The second kappa shape index (κ2) is 6.58. The summed E-state index contributed by atoms with van der Waals surface area (Å²) in [4.78, 5) is 2.21. The molecule has 4 heteroatoms. The van der Waals surface area contributed by atoms with Gasteiger partial charge in [-0.3, -0.25) is 4.68 Å². The molecule has 15 heavy (non-hydrogen) atoms. The Labute approximate surface area is 92.3 Å². The van der Waals surface area contributed by atoms with E-state index in [1.807, 2.05) is 16.9 Å². The van der Waals surface area contributed by atoms with Crippen LogP contribution in [0, 0.1) is 6.92 Å². The van der Waals surface area contributed by atoms with E-state index < -0.39 is 0 Å². The maximum Gasteiger partial charge on any atom is 0.0537 e. The topological polar surface area (TPSA) is 33.1 Å². The summed E-state index contributed by atoms with van der Waals surface area (Å²) in [5.74, 6) is 0. The number of hydrogen-bond donors (Lipinski definition) is 1. The minimum Gasteiger partial charge on any atom is -0.315 e. The van der Waals surface area contributed by atoms with Crippen molar-refractivity contribution in [2.75, 3.05) is 33.7 Å². The van der Waals surface area contributed by atoms with Gasteiger partial charge in [0.2, 0.25) is 0 Å². The van der Waals surface area contributed by atoms with Crippen LogP contribution < -0.4 is 5.32 Å². The maximum atomic E-state index is 4.23. The van der Waals surface area contributed by atoms with Crippen LogP contribution in [-0.4, -0.2) is 48.4 Å². The molecule has 0 amide bonds. The number of aryl methyl sites for hydroxylation is 1. The summed E-state index contributed by atoms with van der Waals surface area (Å²) in [5, 5.41) is 7.65. The average molecular weight is 210 g/mol. The normalized spacial score (nSPS) is 11.2. The van der Waals surface area contributed by atoms with Crippen molar-refractivity contribution in [2.45, 2.75) is 19.9 Å². The second-order valence-corrected chi connectivity index (χ2v) is 4.10. The lowest BCUT2D eigenvalue weighted by Crippen LogP contribution is -2.24. The summed E-state index contributed by atoms with van der Waals surface area (Å²) >= 11 is 0. The first-order chi connectivity index (χ1) is 7.20. The van der Waals surface area contributed by atoms with Gasteiger partial charge in [0.1, 0.15) is 0 Å². The van der Waals surface area contributed by atoms with Crippen molar-refractivity contribution in [3.05, 3.63) is 18.0 Å². The highest BCUT2D eigenvalue weighted by Crippen LogP contribution is 1.94. The van der Waals surface area contributed by atoms with Gasteiger partial charge in [-0.25, -0.2) is 0 Å². The van der Waals surface area contributed by atoms with Crippen LogP contribution in [0.2, 0.25) is 0 Å². The molecule has 0 fully saturated rings. The Balaban J connectivity index is 2.00. The molecule has 1 heterocycles. The van der Waals surface area contributed by atoms with Crippen LogP contribution in [0.4, 0.5) is 0 Å². The Kier molecular flexibility index (Phi) is 5.36. The summed E-state index contributed by atoms with van der Waals surface area (Å²) in [6.07, 6.45) is 3.05. The first-order valence-electron chi connectivity index (χ1n) is 5.54. The molecular weight excluding hydrogens is 188 g/mol. The Morgan fingerprint density at radius 3 is 2.80 bits per heavy atom. The summed E-state index contributed by atoms with van der Waals surface area (Å²) in [5.41, 5.74) is 1.23. The van der Waals surface area contributed by atoms with Crippen molar-refractivity contribution < 1.29 is 0 Å². The smallest absolute Gasteiger partial charge is 0.0537 e. The number of nitrogens with zero attached hydrogens (tertiary/aromatic N) is 3. The largest absolute Gasteiger partial charge is 0.315 e. The zero-order valence-electron chi connectivity index (χ0n) is 10.0. The van der Waals surface area contributed by atoms with Crippen LogP contribution >= 0.6 is 0 Å². The zero-order chi connectivity index (χ0) is 11.1. The van der Waals surface area contributed by atoms with Gasteiger partial charge >= 0.3 is 0 Å². The van der Waals surface area contributed by atoms with E-state index in [1.54, 1.807) is 0 Å². The fourth-order valence-electron chi connectivity index (χ4n) is 1.46. The molecule has 86 valence electrons. The molecule has 0 aliphatic rings. The summed E-state index contributed by atoms with van der Waals surface area (Å²) in [6.45, 7) is 6.27. The molecule has 0 bridgehead atoms. The van der Waals surface area contributed by atoms with Crippen LogP contribution in [0.3, 0.4) is 0 Å². The van der Waals surface area contributed by atoms with Crippen molar-refractivity contribution in [3.63, 3.8) is 0 Å². The van der Waals surface area contributed by atoms with Crippen molar-refractivity contribution in [1.29, 1.82) is 0 Å². The minimum atomic E-state index is 0.959. The molecule has 0 radical (unpaired) electrons. The zero-order valence-corrected chi connectivity index (χ0v) is 10.0. The van der Waals surface area contributed by atoms with Crippen molar-refractivity contribution >= 4 is 0 Å². The lowest BCUT2D eigenvalue weighted by Gasteiger charge is -2.10. The predicted octanol–water partition coefficient (Wildman–Crippen LogP) is 0.733. The number of rotatable bonds is 7. The minimum absolute atomic E-state index is 0.959. The monoisotopic (exact) mass is 210 g/mol. The summed E-state index contributed by atoms with van der Waals surface area (Å²) < 4.78 is 2.03. The molecule has 0 aliphatic heterocycles. The van der Waals surface area contributed by atoms with E-state index in [9.17, 15) is 0 Å². The molecule has 0 aromatic carbocycles. The average Bonchev–Trinajstić information content (AvgIpc) is 2.57. The molecule has 0 saturated carbocycles. The lowest BCUT2D eigenvalue weighted by atomic mass is 10.4. The van der Waals surface area contributed by atoms with Gasteiger partial charge in [0.25, 0.3) is 0 Å². The Bertz CT molecular complexity index is 267. The van der Waals surface area contributed by atoms with Crippen LogP contribution in [-0.2, 0) is 6.54 Å². The Hall–Kier alpha value is -0.870. The van der Waals surface area contributed by atoms with Gasteiger partial charge in [-0.1, -0.05) is 0 Å². The molecule has 1 N–H and O–H groups in total. The molecule has 1 aromatic heterocycles. The van der Waals surface area contributed by atoms with E-state index >= 15 is 0 Å². The highest BCUT2D eigenvalue weighted by molar-refractivity contribution is 4.96. The molecule has 0 saturated heterocycles. The molecule has 0 atom stereocenters. The molecule has 1 rings (SSSR count). The Morgan fingerprint density at radius 2 is 2.20 bits per heavy atom. The molecule has 0 unspecified atom stereocenters. The predicted molar refractivity (Wildman–Crippen MR) is 63.0 cm³/mol. The third kappa shape index (κ3) is 4.95.